The van der Waals surface area contributed by atoms with Crippen molar-refractivity contribution in [1.29, 1.82) is 0 Å². The number of carboxylic acids is 1. The minimum Gasteiger partial charge on any atom is -0.476 e. The molecule has 0 aliphatic heterocycles. The van der Waals surface area contributed by atoms with Crippen LogP contribution in [0.1, 0.15) is 47.8 Å². The first kappa shape index (κ1) is 12.5. The normalized spacial score (nSPS) is 14.5. The number of carboxylic acid groups (broad SMARTS) is 1. The second-order valence-corrected chi connectivity index (χ2v) is 4.40. The molecule has 1 aromatic rings. The summed E-state index contributed by atoms with van der Waals surface area (Å²) in [6.45, 7) is 0.527. The third kappa shape index (κ3) is 2.66. The summed E-state index contributed by atoms with van der Waals surface area (Å²) in [6.07, 6.45) is 3.01. The van der Waals surface area contributed by atoms with Crippen molar-refractivity contribution in [3.8, 4) is 0 Å². The van der Waals surface area contributed by atoms with Crippen molar-refractivity contribution in [3.63, 3.8) is 0 Å². The number of aryl methyl sites for hydroxylation is 1. The Morgan fingerprint density at radius 2 is 2.22 bits per heavy atom. The fraction of sp³-hybridized carbons (Fsp3) is 0.636. The number of carbonyl (C=O) groups is 2. The van der Waals surface area contributed by atoms with Gasteiger partial charge in [0.2, 0.25) is 5.91 Å². The van der Waals surface area contributed by atoms with E-state index in [1.807, 2.05) is 0 Å². The molecule has 18 heavy (non-hydrogen) atoms. The molecule has 0 aromatic carbocycles. The smallest absolute Gasteiger partial charge is 0.358 e. The highest BCUT2D eigenvalue weighted by atomic mass is 16.4. The first-order valence-corrected chi connectivity index (χ1v) is 6.00. The molecule has 1 fully saturated rings. The van der Waals surface area contributed by atoms with Crippen LogP contribution in [0.25, 0.3) is 0 Å². The summed E-state index contributed by atoms with van der Waals surface area (Å²) < 4.78 is 1.63. The highest BCUT2D eigenvalue weighted by Crippen LogP contribution is 2.41. The van der Waals surface area contributed by atoms with Crippen LogP contribution in [0.3, 0.4) is 0 Å². The van der Waals surface area contributed by atoms with Gasteiger partial charge in [0.25, 0.3) is 0 Å². The lowest BCUT2D eigenvalue weighted by Crippen LogP contribution is -2.18. The molecule has 1 aliphatic rings. The first-order chi connectivity index (χ1) is 8.63. The number of aromatic carboxylic acids is 1. The number of rotatable bonds is 6. The molecule has 1 saturated carbocycles. The lowest BCUT2D eigenvalue weighted by molar-refractivity contribution is -0.120. The van der Waals surface area contributed by atoms with Gasteiger partial charge in [-0.2, -0.15) is 0 Å². The molecule has 98 valence electrons. The number of hydrogen-bond donors (Lipinski definition) is 2. The van der Waals surface area contributed by atoms with Gasteiger partial charge in [0.15, 0.2) is 5.69 Å². The maximum Gasteiger partial charge on any atom is 0.358 e. The summed E-state index contributed by atoms with van der Waals surface area (Å²) in [5.74, 6) is -0.790. The van der Waals surface area contributed by atoms with Crippen LogP contribution in [-0.2, 0) is 11.3 Å². The molecule has 0 radical (unpaired) electrons. The third-order valence-corrected chi connectivity index (χ3v) is 2.99. The Morgan fingerprint density at radius 1 is 1.50 bits per heavy atom. The molecule has 1 heterocycles. The van der Waals surface area contributed by atoms with Crippen molar-refractivity contribution in [2.75, 3.05) is 7.05 Å². The molecule has 0 bridgehead atoms. The quantitative estimate of drug-likeness (QED) is 0.762. The highest BCUT2D eigenvalue weighted by molar-refractivity contribution is 5.86. The maximum absolute atomic E-state index is 11.1. The number of nitrogens with zero attached hydrogens (tertiary/aromatic N) is 3. The second kappa shape index (κ2) is 5.16. The van der Waals surface area contributed by atoms with Crippen LogP contribution >= 0.6 is 0 Å². The Balaban J connectivity index is 2.04. The van der Waals surface area contributed by atoms with E-state index in [9.17, 15) is 9.59 Å². The Kier molecular flexibility index (Phi) is 3.59. The minimum absolute atomic E-state index is 0.0263. The molecule has 1 aliphatic carbocycles. The van der Waals surface area contributed by atoms with Crippen molar-refractivity contribution in [2.24, 2.45) is 0 Å². The van der Waals surface area contributed by atoms with E-state index in [-0.39, 0.29) is 17.5 Å². The number of hydrogen-bond acceptors (Lipinski definition) is 4. The Morgan fingerprint density at radius 3 is 2.78 bits per heavy atom. The molecule has 1 amide bonds. The summed E-state index contributed by atoms with van der Waals surface area (Å²) >= 11 is 0. The van der Waals surface area contributed by atoms with Gasteiger partial charge in [0, 0.05) is 25.9 Å². The van der Waals surface area contributed by atoms with Gasteiger partial charge < -0.3 is 10.4 Å². The third-order valence-electron chi connectivity index (χ3n) is 2.99. The zero-order valence-corrected chi connectivity index (χ0v) is 10.2. The summed E-state index contributed by atoms with van der Waals surface area (Å²) in [5, 5.41) is 19.2. The molecule has 0 spiro atoms. The van der Waals surface area contributed by atoms with Crippen LogP contribution in [0.2, 0.25) is 0 Å². The summed E-state index contributed by atoms with van der Waals surface area (Å²) in [7, 11) is 1.59. The van der Waals surface area contributed by atoms with Crippen LogP contribution in [0.5, 0.6) is 0 Å². The zero-order valence-electron chi connectivity index (χ0n) is 10.2. The fourth-order valence-electron chi connectivity index (χ4n) is 1.91. The van der Waals surface area contributed by atoms with Gasteiger partial charge in [-0.15, -0.1) is 5.10 Å². The largest absolute Gasteiger partial charge is 0.476 e. The highest BCUT2D eigenvalue weighted by Gasteiger charge is 2.33. The van der Waals surface area contributed by atoms with E-state index >= 15 is 0 Å². The van der Waals surface area contributed by atoms with Crippen LogP contribution in [0, 0.1) is 0 Å². The van der Waals surface area contributed by atoms with Crippen LogP contribution < -0.4 is 5.32 Å². The van der Waals surface area contributed by atoms with Gasteiger partial charge in [0.1, 0.15) is 0 Å². The van der Waals surface area contributed by atoms with Crippen molar-refractivity contribution < 1.29 is 14.7 Å². The molecule has 0 unspecified atom stereocenters. The van der Waals surface area contributed by atoms with E-state index < -0.39 is 5.97 Å². The minimum atomic E-state index is -1.03. The van der Waals surface area contributed by atoms with Crippen LogP contribution in [0.4, 0.5) is 0 Å². The van der Waals surface area contributed by atoms with Crippen LogP contribution in [0.15, 0.2) is 0 Å². The molecule has 7 heteroatoms. The fourth-order valence-corrected chi connectivity index (χ4v) is 1.91. The van der Waals surface area contributed by atoms with E-state index in [1.165, 1.54) is 0 Å². The van der Waals surface area contributed by atoms with Crippen molar-refractivity contribution in [2.45, 2.75) is 38.1 Å². The number of aromatic nitrogens is 3. The van der Waals surface area contributed by atoms with Gasteiger partial charge in [0.05, 0.1) is 5.69 Å². The van der Waals surface area contributed by atoms with E-state index in [4.69, 9.17) is 5.11 Å². The topological polar surface area (TPSA) is 97.1 Å². The summed E-state index contributed by atoms with van der Waals surface area (Å²) in [4.78, 5) is 22.1. The molecule has 0 saturated heterocycles. The predicted molar refractivity (Wildman–Crippen MR) is 62.3 cm³/mol. The average molecular weight is 252 g/mol. The van der Waals surface area contributed by atoms with Crippen molar-refractivity contribution in [1.82, 2.24) is 20.3 Å². The van der Waals surface area contributed by atoms with E-state index in [2.05, 4.69) is 15.6 Å². The second-order valence-electron chi connectivity index (χ2n) is 4.40. The standard InChI is InChI=1S/C11H16N4O3/c1-12-8(16)3-2-6-15-10(7-4-5-7)9(11(17)18)13-14-15/h7H,2-6H2,1H3,(H,12,16)(H,17,18). The Labute approximate surface area is 104 Å². The molecule has 7 nitrogen and oxygen atoms in total. The molecular formula is C11H16N4O3. The monoisotopic (exact) mass is 252 g/mol. The number of amides is 1. The van der Waals surface area contributed by atoms with E-state index in [0.29, 0.717) is 25.1 Å². The molecule has 2 rings (SSSR count). The maximum atomic E-state index is 11.1. The van der Waals surface area contributed by atoms with Gasteiger partial charge in [-0.3, -0.25) is 4.79 Å². The number of carbonyl (C=O) groups excluding carboxylic acids is 1. The van der Waals surface area contributed by atoms with Crippen LogP contribution in [-0.4, -0.2) is 39.0 Å². The molecule has 2 N–H and O–H groups in total. The molecule has 0 atom stereocenters. The first-order valence-electron chi connectivity index (χ1n) is 6.00. The van der Waals surface area contributed by atoms with Gasteiger partial charge >= 0.3 is 5.97 Å². The summed E-state index contributed by atoms with van der Waals surface area (Å²) in [5.41, 5.74) is 0.761. The number of nitrogens with one attached hydrogen (secondary N) is 1. The van der Waals surface area contributed by atoms with Crippen molar-refractivity contribution >= 4 is 11.9 Å². The van der Waals surface area contributed by atoms with Gasteiger partial charge in [-0.1, -0.05) is 5.21 Å². The van der Waals surface area contributed by atoms with Gasteiger partial charge in [-0.05, 0) is 19.3 Å². The lowest BCUT2D eigenvalue weighted by Gasteiger charge is -2.05. The Hall–Kier alpha value is -1.92. The van der Waals surface area contributed by atoms with E-state index in [1.54, 1.807) is 11.7 Å². The summed E-state index contributed by atoms with van der Waals surface area (Å²) in [6, 6.07) is 0. The SMILES string of the molecule is CNC(=O)CCCn1nnc(C(=O)O)c1C1CC1. The predicted octanol–water partition coefficient (Wildman–Crippen LogP) is 0.380. The van der Waals surface area contributed by atoms with Gasteiger partial charge in [-0.25, -0.2) is 9.48 Å². The lowest BCUT2D eigenvalue weighted by atomic mass is 10.2. The Bertz CT molecular complexity index is 465. The average Bonchev–Trinajstić information content (AvgIpc) is 3.09. The van der Waals surface area contributed by atoms with Crippen molar-refractivity contribution in [3.05, 3.63) is 11.4 Å². The molecular weight excluding hydrogens is 236 g/mol. The van der Waals surface area contributed by atoms with E-state index in [0.717, 1.165) is 12.8 Å². The zero-order chi connectivity index (χ0) is 13.1. The molecule has 1 aromatic heterocycles.